The number of carbonyl (C=O) groups is 2. The Hall–Kier alpha value is -1.92. The third-order valence-corrected chi connectivity index (χ3v) is 3.33. The number of hydrogen-bond donors (Lipinski definition) is 1. The first-order chi connectivity index (χ1) is 9.00. The Morgan fingerprint density at radius 1 is 1.47 bits per heavy atom. The first-order valence-corrected chi connectivity index (χ1v) is 6.37. The highest BCUT2D eigenvalue weighted by Gasteiger charge is 2.39. The molecule has 1 aliphatic heterocycles. The molecule has 1 aromatic rings. The molecular formula is C12H18N4O3. The van der Waals surface area contributed by atoms with Crippen molar-refractivity contribution in [2.24, 2.45) is 5.92 Å². The van der Waals surface area contributed by atoms with Crippen LogP contribution in [0.2, 0.25) is 0 Å². The summed E-state index contributed by atoms with van der Waals surface area (Å²) in [6.45, 7) is 5.94. The fourth-order valence-electron chi connectivity index (χ4n) is 2.12. The van der Waals surface area contributed by atoms with Gasteiger partial charge in [0.2, 0.25) is 17.7 Å². The number of piperazine rings is 1. The molecule has 1 aliphatic rings. The van der Waals surface area contributed by atoms with E-state index >= 15 is 0 Å². The standard InChI is InChI=1S/C12H18N4O3/c1-7(2)10-12(18)16(8(3)11(17)15-10)5-4-9-13-6-14-19-9/h6-8,10H,4-5H2,1-3H3,(H,15,17). The second-order valence-corrected chi connectivity index (χ2v) is 5.02. The highest BCUT2D eigenvalue weighted by atomic mass is 16.5. The topological polar surface area (TPSA) is 88.3 Å². The summed E-state index contributed by atoms with van der Waals surface area (Å²) in [7, 11) is 0. The zero-order valence-electron chi connectivity index (χ0n) is 11.3. The zero-order chi connectivity index (χ0) is 14.0. The Morgan fingerprint density at radius 2 is 2.21 bits per heavy atom. The first-order valence-electron chi connectivity index (χ1n) is 6.37. The second-order valence-electron chi connectivity index (χ2n) is 5.02. The highest BCUT2D eigenvalue weighted by molar-refractivity contribution is 5.96. The summed E-state index contributed by atoms with van der Waals surface area (Å²) < 4.78 is 4.90. The molecule has 2 rings (SSSR count). The van der Waals surface area contributed by atoms with E-state index in [2.05, 4.69) is 15.5 Å². The van der Waals surface area contributed by atoms with Crippen LogP contribution in [0, 0.1) is 5.92 Å². The van der Waals surface area contributed by atoms with Gasteiger partial charge in [-0.05, 0) is 12.8 Å². The van der Waals surface area contributed by atoms with E-state index in [1.165, 1.54) is 6.33 Å². The van der Waals surface area contributed by atoms with Crippen molar-refractivity contribution in [2.45, 2.75) is 39.3 Å². The fraction of sp³-hybridized carbons (Fsp3) is 0.667. The molecule has 7 heteroatoms. The van der Waals surface area contributed by atoms with Crippen LogP contribution in [-0.2, 0) is 16.0 Å². The van der Waals surface area contributed by atoms with E-state index in [-0.39, 0.29) is 17.7 Å². The maximum absolute atomic E-state index is 12.3. The SMILES string of the molecule is CC(C)C1NC(=O)C(C)N(CCc2ncno2)C1=O. The normalized spacial score (nSPS) is 23.9. The lowest BCUT2D eigenvalue weighted by atomic mass is 9.98. The smallest absolute Gasteiger partial charge is 0.246 e. The van der Waals surface area contributed by atoms with Gasteiger partial charge in [0.1, 0.15) is 12.1 Å². The average Bonchev–Trinajstić information content (AvgIpc) is 2.86. The summed E-state index contributed by atoms with van der Waals surface area (Å²) in [6.07, 6.45) is 1.77. The molecule has 2 unspecified atom stereocenters. The molecule has 7 nitrogen and oxygen atoms in total. The number of aromatic nitrogens is 2. The van der Waals surface area contributed by atoms with Gasteiger partial charge in [-0.2, -0.15) is 4.98 Å². The molecule has 0 aliphatic carbocycles. The van der Waals surface area contributed by atoms with E-state index < -0.39 is 12.1 Å². The van der Waals surface area contributed by atoms with Crippen LogP contribution in [0.4, 0.5) is 0 Å². The summed E-state index contributed by atoms with van der Waals surface area (Å²) >= 11 is 0. The number of hydrogen-bond acceptors (Lipinski definition) is 5. The Morgan fingerprint density at radius 3 is 2.79 bits per heavy atom. The summed E-state index contributed by atoms with van der Waals surface area (Å²) in [6, 6.07) is -0.920. The van der Waals surface area contributed by atoms with Gasteiger partial charge in [-0.15, -0.1) is 0 Å². The quantitative estimate of drug-likeness (QED) is 0.827. The Bertz CT molecular complexity index is 458. The Labute approximate surface area is 111 Å². The van der Waals surface area contributed by atoms with Crippen LogP contribution in [0.3, 0.4) is 0 Å². The number of rotatable bonds is 4. The van der Waals surface area contributed by atoms with E-state index in [0.717, 1.165) is 0 Å². The van der Waals surface area contributed by atoms with Crippen molar-refractivity contribution in [2.75, 3.05) is 6.54 Å². The third-order valence-electron chi connectivity index (χ3n) is 3.33. The molecule has 0 radical (unpaired) electrons. The van der Waals surface area contributed by atoms with Crippen molar-refractivity contribution < 1.29 is 14.1 Å². The largest absolute Gasteiger partial charge is 0.342 e. The van der Waals surface area contributed by atoms with Crippen LogP contribution >= 0.6 is 0 Å². The van der Waals surface area contributed by atoms with Gasteiger partial charge in [0.15, 0.2) is 6.33 Å². The molecule has 2 amide bonds. The van der Waals surface area contributed by atoms with Crippen molar-refractivity contribution in [3.05, 3.63) is 12.2 Å². The molecule has 0 spiro atoms. The maximum atomic E-state index is 12.3. The molecule has 2 atom stereocenters. The fourth-order valence-corrected chi connectivity index (χ4v) is 2.12. The van der Waals surface area contributed by atoms with Gasteiger partial charge in [0.25, 0.3) is 0 Å². The van der Waals surface area contributed by atoms with Gasteiger partial charge < -0.3 is 14.7 Å². The number of carbonyl (C=O) groups excluding carboxylic acids is 2. The van der Waals surface area contributed by atoms with E-state index in [4.69, 9.17) is 4.52 Å². The lowest BCUT2D eigenvalue weighted by Gasteiger charge is -2.38. The van der Waals surface area contributed by atoms with Gasteiger partial charge in [0.05, 0.1) is 0 Å². The zero-order valence-corrected chi connectivity index (χ0v) is 11.3. The molecule has 0 aromatic carbocycles. The number of nitrogens with one attached hydrogen (secondary N) is 1. The number of amides is 2. The van der Waals surface area contributed by atoms with Crippen LogP contribution in [0.5, 0.6) is 0 Å². The van der Waals surface area contributed by atoms with Crippen LogP contribution in [0.15, 0.2) is 10.9 Å². The molecular weight excluding hydrogens is 248 g/mol. The molecule has 1 saturated heterocycles. The molecule has 2 heterocycles. The minimum absolute atomic E-state index is 0.0541. The van der Waals surface area contributed by atoms with Crippen molar-refractivity contribution in [3.63, 3.8) is 0 Å². The lowest BCUT2D eigenvalue weighted by Crippen LogP contribution is -2.64. The van der Waals surface area contributed by atoms with Crippen LogP contribution in [-0.4, -0.2) is 45.5 Å². The summed E-state index contributed by atoms with van der Waals surface area (Å²) in [5, 5.41) is 6.27. The van der Waals surface area contributed by atoms with Crippen molar-refractivity contribution >= 4 is 11.8 Å². The molecule has 0 saturated carbocycles. The Kier molecular flexibility index (Phi) is 3.82. The average molecular weight is 266 g/mol. The predicted octanol–water partition coefficient (Wildman–Crippen LogP) is -0.0164. The lowest BCUT2D eigenvalue weighted by molar-refractivity contribution is -0.149. The third kappa shape index (κ3) is 2.74. The molecule has 1 aromatic heterocycles. The summed E-state index contributed by atoms with van der Waals surface area (Å²) in [5.41, 5.74) is 0. The van der Waals surface area contributed by atoms with Gasteiger partial charge in [-0.3, -0.25) is 9.59 Å². The summed E-state index contributed by atoms with van der Waals surface area (Å²) in [4.78, 5) is 29.7. The van der Waals surface area contributed by atoms with E-state index in [1.54, 1.807) is 11.8 Å². The summed E-state index contributed by atoms with van der Waals surface area (Å²) in [5.74, 6) is 0.354. The molecule has 104 valence electrons. The molecule has 19 heavy (non-hydrogen) atoms. The molecule has 1 fully saturated rings. The van der Waals surface area contributed by atoms with Crippen molar-refractivity contribution in [1.82, 2.24) is 20.4 Å². The minimum atomic E-state index is -0.467. The monoisotopic (exact) mass is 266 g/mol. The Balaban J connectivity index is 2.07. The van der Waals surface area contributed by atoms with Crippen molar-refractivity contribution in [1.29, 1.82) is 0 Å². The predicted molar refractivity (Wildman–Crippen MR) is 65.9 cm³/mol. The molecule has 1 N–H and O–H groups in total. The van der Waals surface area contributed by atoms with Crippen LogP contribution in [0.1, 0.15) is 26.7 Å². The van der Waals surface area contributed by atoms with Crippen LogP contribution in [0.25, 0.3) is 0 Å². The number of nitrogens with zero attached hydrogens (tertiary/aromatic N) is 3. The second kappa shape index (κ2) is 5.38. The minimum Gasteiger partial charge on any atom is -0.342 e. The van der Waals surface area contributed by atoms with E-state index in [9.17, 15) is 9.59 Å². The maximum Gasteiger partial charge on any atom is 0.246 e. The van der Waals surface area contributed by atoms with Gasteiger partial charge in [-0.25, -0.2) is 0 Å². The van der Waals surface area contributed by atoms with Gasteiger partial charge in [0, 0.05) is 13.0 Å². The van der Waals surface area contributed by atoms with Gasteiger partial charge in [-0.1, -0.05) is 19.0 Å². The van der Waals surface area contributed by atoms with Crippen molar-refractivity contribution in [3.8, 4) is 0 Å². The van der Waals surface area contributed by atoms with Gasteiger partial charge >= 0.3 is 0 Å². The highest BCUT2D eigenvalue weighted by Crippen LogP contribution is 2.15. The van der Waals surface area contributed by atoms with E-state index in [0.29, 0.717) is 18.9 Å². The first kappa shape index (κ1) is 13.5. The van der Waals surface area contributed by atoms with Crippen LogP contribution < -0.4 is 5.32 Å². The molecule has 0 bridgehead atoms. The van der Waals surface area contributed by atoms with E-state index in [1.807, 2.05) is 13.8 Å².